The summed E-state index contributed by atoms with van der Waals surface area (Å²) in [6, 6.07) is 8.67. The Balaban J connectivity index is 2.60. The van der Waals surface area contributed by atoms with E-state index in [9.17, 15) is 13.2 Å². The van der Waals surface area contributed by atoms with Crippen LogP contribution in [0.25, 0.3) is 11.1 Å². The Bertz CT molecular complexity index is 615. The number of hydrogen-bond donors (Lipinski definition) is 0. The molecule has 17 heavy (non-hydrogen) atoms. The summed E-state index contributed by atoms with van der Waals surface area (Å²) in [6.45, 7) is 0. The first kappa shape index (κ1) is 11.2. The van der Waals surface area contributed by atoms with E-state index in [4.69, 9.17) is 5.26 Å². The zero-order valence-electron chi connectivity index (χ0n) is 8.55. The van der Waals surface area contributed by atoms with Crippen LogP contribution >= 0.6 is 0 Å². The molecule has 0 unspecified atom stereocenters. The van der Waals surface area contributed by atoms with E-state index < -0.39 is 17.5 Å². The number of hydrogen-bond acceptors (Lipinski definition) is 1. The first-order chi connectivity index (χ1) is 8.11. The van der Waals surface area contributed by atoms with Crippen LogP contribution in [0.5, 0.6) is 0 Å². The minimum Gasteiger partial charge on any atom is -0.206 e. The Morgan fingerprint density at radius 2 is 1.53 bits per heavy atom. The Hall–Kier alpha value is -2.28. The molecule has 2 aromatic carbocycles. The molecule has 84 valence electrons. The van der Waals surface area contributed by atoms with E-state index in [2.05, 4.69) is 0 Å². The smallest absolute Gasteiger partial charge is 0.159 e. The number of rotatable bonds is 1. The molecule has 0 saturated carbocycles. The summed E-state index contributed by atoms with van der Waals surface area (Å²) in [5.74, 6) is -2.63. The van der Waals surface area contributed by atoms with Crippen molar-refractivity contribution in [1.29, 1.82) is 5.26 Å². The molecule has 4 heteroatoms. The predicted molar refractivity (Wildman–Crippen MR) is 56.5 cm³/mol. The molecule has 0 heterocycles. The SMILES string of the molecule is N#Cc1ccc(F)c(-c2ccc(F)c(F)c2)c1. The van der Waals surface area contributed by atoms with Gasteiger partial charge in [-0.05, 0) is 35.9 Å². The summed E-state index contributed by atoms with van der Waals surface area (Å²) in [6.07, 6.45) is 0. The first-order valence-electron chi connectivity index (χ1n) is 4.77. The van der Waals surface area contributed by atoms with Gasteiger partial charge in [-0.15, -0.1) is 0 Å². The topological polar surface area (TPSA) is 23.8 Å². The molecule has 0 amide bonds. The van der Waals surface area contributed by atoms with E-state index in [0.717, 1.165) is 18.2 Å². The lowest BCUT2D eigenvalue weighted by atomic mass is 10.0. The molecule has 0 atom stereocenters. The third kappa shape index (κ3) is 2.13. The molecule has 0 spiro atoms. The van der Waals surface area contributed by atoms with Crippen LogP contribution in [0.1, 0.15) is 5.56 Å². The number of halogens is 3. The van der Waals surface area contributed by atoms with Gasteiger partial charge in [0.15, 0.2) is 11.6 Å². The van der Waals surface area contributed by atoms with Crippen LogP contribution in [0.4, 0.5) is 13.2 Å². The van der Waals surface area contributed by atoms with Crippen molar-refractivity contribution >= 4 is 0 Å². The van der Waals surface area contributed by atoms with Gasteiger partial charge in [-0.1, -0.05) is 6.07 Å². The van der Waals surface area contributed by atoms with Gasteiger partial charge in [0.25, 0.3) is 0 Å². The Kier molecular flexibility index (Phi) is 2.84. The number of benzene rings is 2. The predicted octanol–water partition coefficient (Wildman–Crippen LogP) is 3.64. The highest BCUT2D eigenvalue weighted by Gasteiger charge is 2.09. The zero-order valence-corrected chi connectivity index (χ0v) is 8.55. The molecule has 0 aromatic heterocycles. The maximum atomic E-state index is 13.5. The molecule has 2 rings (SSSR count). The lowest BCUT2D eigenvalue weighted by Gasteiger charge is -2.04. The van der Waals surface area contributed by atoms with Crippen molar-refractivity contribution < 1.29 is 13.2 Å². The summed E-state index contributed by atoms with van der Waals surface area (Å²) in [5, 5.41) is 8.69. The van der Waals surface area contributed by atoms with E-state index in [1.165, 1.54) is 18.2 Å². The lowest BCUT2D eigenvalue weighted by molar-refractivity contribution is 0.509. The second-order valence-electron chi connectivity index (χ2n) is 3.44. The third-order valence-electron chi connectivity index (χ3n) is 2.33. The molecule has 2 aromatic rings. The fourth-order valence-electron chi connectivity index (χ4n) is 1.48. The summed E-state index contributed by atoms with van der Waals surface area (Å²) in [5.41, 5.74) is 0.521. The fraction of sp³-hybridized carbons (Fsp3) is 0. The van der Waals surface area contributed by atoms with E-state index >= 15 is 0 Å². The highest BCUT2D eigenvalue weighted by atomic mass is 19.2. The van der Waals surface area contributed by atoms with Gasteiger partial charge in [-0.25, -0.2) is 13.2 Å². The Morgan fingerprint density at radius 1 is 0.824 bits per heavy atom. The van der Waals surface area contributed by atoms with Crippen LogP contribution in [0.15, 0.2) is 36.4 Å². The van der Waals surface area contributed by atoms with Gasteiger partial charge in [0.05, 0.1) is 11.6 Å². The quantitative estimate of drug-likeness (QED) is 0.737. The first-order valence-corrected chi connectivity index (χ1v) is 4.77. The molecule has 0 N–H and O–H groups in total. The van der Waals surface area contributed by atoms with E-state index in [0.29, 0.717) is 0 Å². The molecule has 0 bridgehead atoms. The van der Waals surface area contributed by atoms with E-state index in [1.807, 2.05) is 6.07 Å². The van der Waals surface area contributed by atoms with Gasteiger partial charge >= 0.3 is 0 Å². The van der Waals surface area contributed by atoms with Crippen LogP contribution in [-0.4, -0.2) is 0 Å². The van der Waals surface area contributed by atoms with E-state index in [1.54, 1.807) is 0 Å². The summed E-state index contributed by atoms with van der Waals surface area (Å²) in [7, 11) is 0. The van der Waals surface area contributed by atoms with Crippen molar-refractivity contribution in [1.82, 2.24) is 0 Å². The van der Waals surface area contributed by atoms with Crippen molar-refractivity contribution in [2.24, 2.45) is 0 Å². The summed E-state index contributed by atoms with van der Waals surface area (Å²) < 4.78 is 39.3. The Labute approximate surface area is 95.7 Å². The van der Waals surface area contributed by atoms with Gasteiger partial charge in [-0.2, -0.15) is 5.26 Å². The normalized spacial score (nSPS) is 10.0. The Morgan fingerprint density at radius 3 is 2.18 bits per heavy atom. The van der Waals surface area contributed by atoms with Crippen molar-refractivity contribution in [3.63, 3.8) is 0 Å². The van der Waals surface area contributed by atoms with Crippen molar-refractivity contribution in [2.45, 2.75) is 0 Å². The van der Waals surface area contributed by atoms with E-state index in [-0.39, 0.29) is 16.7 Å². The zero-order chi connectivity index (χ0) is 12.4. The number of nitriles is 1. The minimum atomic E-state index is -1.05. The largest absolute Gasteiger partial charge is 0.206 e. The molecular formula is C13H6F3N. The maximum Gasteiger partial charge on any atom is 0.159 e. The molecule has 0 saturated heterocycles. The van der Waals surface area contributed by atoms with Crippen LogP contribution in [0.3, 0.4) is 0 Å². The van der Waals surface area contributed by atoms with Crippen LogP contribution in [-0.2, 0) is 0 Å². The molecule has 0 aliphatic rings. The number of nitrogens with zero attached hydrogens (tertiary/aromatic N) is 1. The van der Waals surface area contributed by atoms with Gasteiger partial charge in [-0.3, -0.25) is 0 Å². The molecule has 1 nitrogen and oxygen atoms in total. The van der Waals surface area contributed by atoms with Crippen LogP contribution in [0.2, 0.25) is 0 Å². The van der Waals surface area contributed by atoms with Gasteiger partial charge < -0.3 is 0 Å². The monoisotopic (exact) mass is 233 g/mol. The molecular weight excluding hydrogens is 227 g/mol. The van der Waals surface area contributed by atoms with Crippen LogP contribution in [0, 0.1) is 28.8 Å². The van der Waals surface area contributed by atoms with Gasteiger partial charge in [0.2, 0.25) is 0 Å². The van der Waals surface area contributed by atoms with Gasteiger partial charge in [0.1, 0.15) is 5.82 Å². The highest BCUT2D eigenvalue weighted by Crippen LogP contribution is 2.25. The van der Waals surface area contributed by atoms with Crippen molar-refractivity contribution in [3.8, 4) is 17.2 Å². The summed E-state index contributed by atoms with van der Waals surface area (Å²) >= 11 is 0. The molecule has 0 radical (unpaired) electrons. The molecule has 0 aliphatic heterocycles. The van der Waals surface area contributed by atoms with Crippen molar-refractivity contribution in [3.05, 3.63) is 59.4 Å². The fourth-order valence-corrected chi connectivity index (χ4v) is 1.48. The van der Waals surface area contributed by atoms with Crippen LogP contribution < -0.4 is 0 Å². The standard InChI is InChI=1S/C13H6F3N/c14-11-3-1-8(7-17)5-10(11)9-2-4-12(15)13(16)6-9/h1-6H. The second kappa shape index (κ2) is 4.30. The average Bonchev–Trinajstić information content (AvgIpc) is 2.33. The van der Waals surface area contributed by atoms with Gasteiger partial charge in [0, 0.05) is 5.56 Å². The highest BCUT2D eigenvalue weighted by molar-refractivity contribution is 5.66. The average molecular weight is 233 g/mol. The summed E-state index contributed by atoms with van der Waals surface area (Å²) in [4.78, 5) is 0. The minimum absolute atomic E-state index is 0.0722. The lowest BCUT2D eigenvalue weighted by Crippen LogP contribution is -1.89. The maximum absolute atomic E-state index is 13.5. The molecule has 0 aliphatic carbocycles. The third-order valence-corrected chi connectivity index (χ3v) is 2.33. The molecule has 0 fully saturated rings. The second-order valence-corrected chi connectivity index (χ2v) is 3.44. The van der Waals surface area contributed by atoms with Crippen molar-refractivity contribution in [2.75, 3.05) is 0 Å².